The molecule has 5 N–H and O–H groups in total. The molecular formula is C18H20N6O2S. The molecule has 1 atom stereocenters. The fourth-order valence-corrected chi connectivity index (χ4v) is 3.50. The topological polar surface area (TPSA) is 127 Å². The number of benzene rings is 1. The van der Waals surface area contributed by atoms with Crippen LogP contribution in [-0.4, -0.2) is 34.9 Å². The molecule has 140 valence electrons. The quantitative estimate of drug-likeness (QED) is 0.573. The Morgan fingerprint density at radius 1 is 1.26 bits per heavy atom. The van der Waals surface area contributed by atoms with Crippen molar-refractivity contribution in [2.75, 3.05) is 17.3 Å². The number of primary amides is 2. The number of anilines is 3. The highest BCUT2D eigenvalue weighted by Gasteiger charge is 2.21. The Kier molecular flexibility index (Phi) is 5.22. The van der Waals surface area contributed by atoms with Crippen LogP contribution in [-0.2, 0) is 4.79 Å². The lowest BCUT2D eigenvalue weighted by atomic mass is 10.1. The van der Waals surface area contributed by atoms with Crippen molar-refractivity contribution in [1.82, 2.24) is 9.97 Å². The number of nitrogens with two attached hydrogens (primary N) is 2. The van der Waals surface area contributed by atoms with Crippen LogP contribution in [0.3, 0.4) is 0 Å². The Morgan fingerprint density at radius 3 is 2.70 bits per heavy atom. The van der Waals surface area contributed by atoms with E-state index >= 15 is 0 Å². The van der Waals surface area contributed by atoms with E-state index in [1.54, 1.807) is 40.9 Å². The zero-order chi connectivity index (χ0) is 19.6. The maximum atomic E-state index is 11.8. The van der Waals surface area contributed by atoms with Gasteiger partial charge in [-0.2, -0.15) is 0 Å². The summed E-state index contributed by atoms with van der Waals surface area (Å²) in [6, 6.07) is 8.40. The minimum absolute atomic E-state index is 0.248. The summed E-state index contributed by atoms with van der Waals surface area (Å²) in [5.41, 5.74) is 14.5. The van der Waals surface area contributed by atoms with Crippen LogP contribution < -0.4 is 21.7 Å². The summed E-state index contributed by atoms with van der Waals surface area (Å²) >= 11 is 1.55. The molecule has 0 fully saturated rings. The number of hydrogen-bond acceptors (Lipinski definition) is 7. The number of thiazole rings is 1. The van der Waals surface area contributed by atoms with Crippen LogP contribution in [0.4, 0.5) is 17.3 Å². The number of amides is 2. The largest absolute Gasteiger partial charge is 0.368 e. The number of fused-ring (bicyclic) bond motifs is 1. The van der Waals surface area contributed by atoms with Crippen LogP contribution in [0.5, 0.6) is 0 Å². The van der Waals surface area contributed by atoms with E-state index in [9.17, 15) is 9.59 Å². The summed E-state index contributed by atoms with van der Waals surface area (Å²) in [7, 11) is 1.73. The second-order valence-electron chi connectivity index (χ2n) is 6.03. The van der Waals surface area contributed by atoms with Gasteiger partial charge in [-0.25, -0.2) is 9.97 Å². The van der Waals surface area contributed by atoms with Crippen molar-refractivity contribution in [3.8, 4) is 0 Å². The van der Waals surface area contributed by atoms with Gasteiger partial charge >= 0.3 is 0 Å². The van der Waals surface area contributed by atoms with Crippen molar-refractivity contribution in [3.05, 3.63) is 41.4 Å². The van der Waals surface area contributed by atoms with E-state index in [1.807, 2.05) is 25.1 Å². The summed E-state index contributed by atoms with van der Waals surface area (Å²) in [6.07, 6.45) is 0.536. The molecule has 0 saturated heterocycles. The van der Waals surface area contributed by atoms with Crippen molar-refractivity contribution < 1.29 is 9.59 Å². The van der Waals surface area contributed by atoms with Crippen molar-refractivity contribution in [2.24, 2.45) is 11.5 Å². The summed E-state index contributed by atoms with van der Waals surface area (Å²) in [6.45, 7) is 1.87. The fourth-order valence-electron chi connectivity index (χ4n) is 2.84. The second kappa shape index (κ2) is 7.58. The fraction of sp³-hybridized carbons (Fsp3) is 0.222. The average molecular weight is 384 g/mol. The number of carbonyl (C=O) groups is 2. The number of aromatic nitrogens is 2. The zero-order valence-electron chi connectivity index (χ0n) is 15.0. The lowest BCUT2D eigenvalue weighted by molar-refractivity contribution is -0.119. The standard InChI is InChI=1S/C18H20N6O2S/c1-3-13(17(20)26)24(2)15-7-5-11(16(19)25)18(23-15)22-10-4-6-14-12(8-10)21-9-27-14/h4-9,13H,3H2,1-2H3,(H2,19,25)(H2,20,26)(H,22,23)/t13-/m1/s1. The summed E-state index contributed by atoms with van der Waals surface area (Å²) in [5, 5.41) is 3.13. The molecular weight excluding hydrogens is 364 g/mol. The number of nitrogens with zero attached hydrogens (tertiary/aromatic N) is 3. The van der Waals surface area contributed by atoms with E-state index < -0.39 is 17.9 Å². The zero-order valence-corrected chi connectivity index (χ0v) is 15.8. The number of nitrogens with one attached hydrogen (secondary N) is 1. The highest BCUT2D eigenvalue weighted by Crippen LogP contribution is 2.26. The highest BCUT2D eigenvalue weighted by molar-refractivity contribution is 7.16. The minimum Gasteiger partial charge on any atom is -0.368 e. The predicted octanol–water partition coefficient (Wildman–Crippen LogP) is 2.23. The van der Waals surface area contributed by atoms with Crippen molar-refractivity contribution in [3.63, 3.8) is 0 Å². The monoisotopic (exact) mass is 384 g/mol. The maximum absolute atomic E-state index is 11.8. The molecule has 0 aliphatic rings. The molecule has 9 heteroatoms. The van der Waals surface area contributed by atoms with E-state index in [0.29, 0.717) is 18.1 Å². The molecule has 2 aromatic heterocycles. The van der Waals surface area contributed by atoms with Crippen molar-refractivity contribution in [2.45, 2.75) is 19.4 Å². The van der Waals surface area contributed by atoms with E-state index in [4.69, 9.17) is 11.5 Å². The summed E-state index contributed by atoms with van der Waals surface area (Å²) < 4.78 is 1.06. The van der Waals surface area contributed by atoms with Crippen LogP contribution in [0, 0.1) is 0 Å². The molecule has 3 aromatic rings. The molecule has 0 aliphatic heterocycles. The van der Waals surface area contributed by atoms with Crippen LogP contribution in [0.1, 0.15) is 23.7 Å². The predicted molar refractivity (Wildman–Crippen MR) is 107 cm³/mol. The first-order valence-electron chi connectivity index (χ1n) is 8.34. The number of carbonyl (C=O) groups excluding carboxylic acids is 2. The first kappa shape index (κ1) is 18.6. The van der Waals surface area contributed by atoms with Crippen LogP contribution in [0.15, 0.2) is 35.8 Å². The van der Waals surface area contributed by atoms with Crippen molar-refractivity contribution in [1.29, 1.82) is 0 Å². The van der Waals surface area contributed by atoms with Gasteiger partial charge in [-0.05, 0) is 36.8 Å². The van der Waals surface area contributed by atoms with Gasteiger partial charge in [-0.15, -0.1) is 11.3 Å². The lowest BCUT2D eigenvalue weighted by Crippen LogP contribution is -2.42. The van der Waals surface area contributed by atoms with E-state index in [2.05, 4.69) is 15.3 Å². The molecule has 0 bridgehead atoms. The molecule has 27 heavy (non-hydrogen) atoms. The Labute approximate surface area is 160 Å². The SMILES string of the molecule is CC[C@H](C(N)=O)N(C)c1ccc(C(N)=O)c(Nc2ccc3scnc3c2)n1. The molecule has 0 spiro atoms. The Balaban J connectivity index is 1.98. The van der Waals surface area contributed by atoms with Crippen LogP contribution in [0.2, 0.25) is 0 Å². The summed E-state index contributed by atoms with van der Waals surface area (Å²) in [5.74, 6) is -0.233. The maximum Gasteiger partial charge on any atom is 0.252 e. The highest BCUT2D eigenvalue weighted by atomic mass is 32.1. The molecule has 2 heterocycles. The van der Waals surface area contributed by atoms with Crippen LogP contribution >= 0.6 is 11.3 Å². The first-order chi connectivity index (χ1) is 12.9. The van der Waals surface area contributed by atoms with E-state index in [0.717, 1.165) is 15.9 Å². The van der Waals surface area contributed by atoms with Gasteiger partial charge in [0, 0.05) is 12.7 Å². The number of rotatable bonds is 7. The molecule has 2 amide bonds. The minimum atomic E-state index is -0.601. The van der Waals surface area contributed by atoms with Crippen LogP contribution in [0.25, 0.3) is 10.2 Å². The molecule has 0 radical (unpaired) electrons. The molecule has 3 rings (SSSR count). The molecule has 8 nitrogen and oxygen atoms in total. The molecule has 0 unspecified atom stereocenters. The van der Waals surface area contributed by atoms with Gasteiger partial charge in [-0.1, -0.05) is 6.92 Å². The smallest absolute Gasteiger partial charge is 0.252 e. The third-order valence-electron chi connectivity index (χ3n) is 4.28. The van der Waals surface area contributed by atoms with E-state index in [-0.39, 0.29) is 5.56 Å². The number of hydrogen-bond donors (Lipinski definition) is 3. The number of likely N-dealkylation sites (N-methyl/N-ethyl adjacent to an activating group) is 1. The third kappa shape index (κ3) is 3.82. The van der Waals surface area contributed by atoms with Gasteiger partial charge in [0.25, 0.3) is 5.91 Å². The average Bonchev–Trinajstić information content (AvgIpc) is 3.09. The molecule has 1 aromatic carbocycles. The molecule has 0 aliphatic carbocycles. The lowest BCUT2D eigenvalue weighted by Gasteiger charge is -2.26. The third-order valence-corrected chi connectivity index (χ3v) is 5.09. The van der Waals surface area contributed by atoms with Gasteiger partial charge in [0.2, 0.25) is 5.91 Å². The number of pyridine rings is 1. The normalized spacial score (nSPS) is 11.9. The van der Waals surface area contributed by atoms with Gasteiger partial charge in [0.05, 0.1) is 21.3 Å². The van der Waals surface area contributed by atoms with Crippen molar-refractivity contribution >= 4 is 50.7 Å². The first-order valence-corrected chi connectivity index (χ1v) is 9.22. The summed E-state index contributed by atoms with van der Waals surface area (Å²) in [4.78, 5) is 33.9. The van der Waals surface area contributed by atoms with Gasteiger partial charge in [0.1, 0.15) is 17.7 Å². The Hall–Kier alpha value is -3.20. The Morgan fingerprint density at radius 2 is 2.04 bits per heavy atom. The molecule has 0 saturated carbocycles. The van der Waals surface area contributed by atoms with Gasteiger partial charge < -0.3 is 21.7 Å². The van der Waals surface area contributed by atoms with Gasteiger partial charge in [0.15, 0.2) is 0 Å². The van der Waals surface area contributed by atoms with Gasteiger partial charge in [-0.3, -0.25) is 9.59 Å². The second-order valence-corrected chi connectivity index (χ2v) is 6.91. The Bertz CT molecular complexity index is 1000. The van der Waals surface area contributed by atoms with E-state index in [1.165, 1.54) is 0 Å².